The van der Waals surface area contributed by atoms with Crippen molar-refractivity contribution in [3.05, 3.63) is 88.4 Å². The zero-order valence-electron chi connectivity index (χ0n) is 13.1. The number of halogens is 1. The number of hydrogen-bond donors (Lipinski definition) is 1. The van der Waals surface area contributed by atoms with Crippen molar-refractivity contribution in [3.63, 3.8) is 0 Å². The summed E-state index contributed by atoms with van der Waals surface area (Å²) in [5.41, 5.74) is 3.16. The molecule has 24 heavy (non-hydrogen) atoms. The molecule has 0 aliphatic rings. The maximum Gasteiger partial charge on any atom is 0.193 e. The van der Waals surface area contributed by atoms with Crippen molar-refractivity contribution in [2.24, 2.45) is 0 Å². The molecule has 0 fully saturated rings. The molecule has 0 amide bonds. The van der Waals surface area contributed by atoms with Gasteiger partial charge in [0.1, 0.15) is 5.75 Å². The van der Waals surface area contributed by atoms with E-state index in [0.717, 1.165) is 15.8 Å². The Morgan fingerprint density at radius 1 is 0.875 bits per heavy atom. The summed E-state index contributed by atoms with van der Waals surface area (Å²) in [4.78, 5) is 12.6. The van der Waals surface area contributed by atoms with Gasteiger partial charge in [-0.15, -0.1) is 0 Å². The van der Waals surface area contributed by atoms with Crippen molar-refractivity contribution < 1.29 is 9.53 Å². The normalized spacial score (nSPS) is 10.2. The molecule has 0 saturated heterocycles. The van der Waals surface area contributed by atoms with Crippen LogP contribution in [0, 0.1) is 0 Å². The number of carbonyl (C=O) groups excluding carboxylic acids is 1. The minimum atomic E-state index is -0.0409. The minimum absolute atomic E-state index is 0.0409. The highest BCUT2D eigenvalue weighted by Gasteiger charge is 2.11. The molecule has 120 valence electrons. The predicted octanol–water partition coefficient (Wildman–Crippen LogP) is 5.43. The molecule has 0 aliphatic carbocycles. The SMILES string of the molecule is COc1cc(Br)cc(C(=O)c2ccc(Nc3ccccc3)cc2)c1. The summed E-state index contributed by atoms with van der Waals surface area (Å²) in [6.07, 6.45) is 0. The Labute approximate surface area is 149 Å². The number of rotatable bonds is 5. The van der Waals surface area contributed by atoms with Crippen LogP contribution in [0.15, 0.2) is 77.3 Å². The van der Waals surface area contributed by atoms with Crippen molar-refractivity contribution in [2.75, 3.05) is 12.4 Å². The van der Waals surface area contributed by atoms with Crippen LogP contribution in [0.25, 0.3) is 0 Å². The van der Waals surface area contributed by atoms with Crippen LogP contribution in [0.5, 0.6) is 5.75 Å². The van der Waals surface area contributed by atoms with Crippen molar-refractivity contribution >= 4 is 33.1 Å². The largest absolute Gasteiger partial charge is 0.497 e. The fourth-order valence-electron chi connectivity index (χ4n) is 2.37. The minimum Gasteiger partial charge on any atom is -0.497 e. The molecule has 4 heteroatoms. The second-order valence-corrected chi connectivity index (χ2v) is 6.19. The molecule has 0 radical (unpaired) electrons. The van der Waals surface area contributed by atoms with Crippen molar-refractivity contribution in [1.29, 1.82) is 0 Å². The molecule has 0 aliphatic heterocycles. The number of methoxy groups -OCH3 is 1. The number of para-hydroxylation sites is 1. The number of ketones is 1. The number of ether oxygens (including phenoxy) is 1. The maximum absolute atomic E-state index is 12.6. The molecule has 0 bridgehead atoms. The predicted molar refractivity (Wildman–Crippen MR) is 100 cm³/mol. The highest BCUT2D eigenvalue weighted by atomic mass is 79.9. The maximum atomic E-state index is 12.6. The summed E-state index contributed by atoms with van der Waals surface area (Å²) in [6.45, 7) is 0. The molecular weight excluding hydrogens is 366 g/mol. The van der Waals surface area contributed by atoms with Crippen molar-refractivity contribution in [3.8, 4) is 5.75 Å². The molecule has 1 N–H and O–H groups in total. The first-order chi connectivity index (χ1) is 11.7. The topological polar surface area (TPSA) is 38.3 Å². The molecule has 0 aromatic heterocycles. The Balaban J connectivity index is 1.80. The summed E-state index contributed by atoms with van der Waals surface area (Å²) in [5.74, 6) is 0.607. The van der Waals surface area contributed by atoms with Gasteiger partial charge in [-0.1, -0.05) is 34.1 Å². The highest BCUT2D eigenvalue weighted by molar-refractivity contribution is 9.10. The average molecular weight is 382 g/mol. The van der Waals surface area contributed by atoms with E-state index in [2.05, 4.69) is 21.2 Å². The Morgan fingerprint density at radius 3 is 2.21 bits per heavy atom. The first-order valence-electron chi connectivity index (χ1n) is 7.47. The second kappa shape index (κ2) is 7.32. The quantitative estimate of drug-likeness (QED) is 0.598. The molecule has 3 rings (SSSR count). The lowest BCUT2D eigenvalue weighted by atomic mass is 10.0. The molecular formula is C20H16BrNO2. The summed E-state index contributed by atoms with van der Waals surface area (Å²) < 4.78 is 6.03. The Kier molecular flexibility index (Phi) is 4.96. The third-order valence-electron chi connectivity index (χ3n) is 3.58. The van der Waals surface area contributed by atoms with Crippen LogP contribution >= 0.6 is 15.9 Å². The smallest absolute Gasteiger partial charge is 0.193 e. The van der Waals surface area contributed by atoms with Crippen LogP contribution in [0.3, 0.4) is 0 Å². The van der Waals surface area contributed by atoms with E-state index in [-0.39, 0.29) is 5.78 Å². The monoisotopic (exact) mass is 381 g/mol. The van der Waals surface area contributed by atoms with Crippen LogP contribution in [0.1, 0.15) is 15.9 Å². The van der Waals surface area contributed by atoms with Gasteiger partial charge in [0.25, 0.3) is 0 Å². The number of nitrogens with one attached hydrogen (secondary N) is 1. The molecule has 0 unspecified atom stereocenters. The molecule has 0 saturated carbocycles. The zero-order valence-corrected chi connectivity index (χ0v) is 14.7. The summed E-state index contributed by atoms with van der Waals surface area (Å²) in [5, 5.41) is 3.30. The van der Waals surface area contributed by atoms with Crippen LogP contribution in [-0.4, -0.2) is 12.9 Å². The number of hydrogen-bond acceptors (Lipinski definition) is 3. The van der Waals surface area contributed by atoms with E-state index in [4.69, 9.17) is 4.74 Å². The van der Waals surface area contributed by atoms with Gasteiger partial charge in [-0.05, 0) is 54.6 Å². The Bertz CT molecular complexity index is 845. The van der Waals surface area contributed by atoms with E-state index in [0.29, 0.717) is 16.9 Å². The first-order valence-corrected chi connectivity index (χ1v) is 8.26. The van der Waals surface area contributed by atoms with Gasteiger partial charge in [0.15, 0.2) is 5.78 Å². The third kappa shape index (κ3) is 3.84. The van der Waals surface area contributed by atoms with Crippen molar-refractivity contribution in [1.82, 2.24) is 0 Å². The lowest BCUT2D eigenvalue weighted by molar-refractivity contribution is 0.103. The van der Waals surface area contributed by atoms with Gasteiger partial charge >= 0.3 is 0 Å². The molecule has 0 heterocycles. The fourth-order valence-corrected chi connectivity index (χ4v) is 2.84. The summed E-state index contributed by atoms with van der Waals surface area (Å²) >= 11 is 3.40. The van der Waals surface area contributed by atoms with Crippen LogP contribution in [0.4, 0.5) is 11.4 Å². The van der Waals surface area contributed by atoms with Crippen LogP contribution < -0.4 is 10.1 Å². The van der Waals surface area contributed by atoms with E-state index < -0.39 is 0 Å². The van der Waals surface area contributed by atoms with Crippen molar-refractivity contribution in [2.45, 2.75) is 0 Å². The second-order valence-electron chi connectivity index (χ2n) is 5.28. The third-order valence-corrected chi connectivity index (χ3v) is 4.04. The number of anilines is 2. The van der Waals surface area contributed by atoms with Gasteiger partial charge in [0.2, 0.25) is 0 Å². The summed E-state index contributed by atoms with van der Waals surface area (Å²) in [7, 11) is 1.58. The Hall–Kier alpha value is -2.59. The van der Waals surface area contributed by atoms with Gasteiger partial charge in [-0.2, -0.15) is 0 Å². The van der Waals surface area contributed by atoms with E-state index in [1.807, 2.05) is 60.7 Å². The van der Waals surface area contributed by atoms with E-state index >= 15 is 0 Å². The molecule has 3 aromatic carbocycles. The molecule has 3 nitrogen and oxygen atoms in total. The molecule has 0 atom stereocenters. The summed E-state index contributed by atoms with van der Waals surface area (Å²) in [6, 6.07) is 22.7. The fraction of sp³-hybridized carbons (Fsp3) is 0.0500. The molecule has 0 spiro atoms. The first kappa shape index (κ1) is 16.3. The van der Waals surface area contributed by atoms with Crippen LogP contribution in [-0.2, 0) is 0 Å². The van der Waals surface area contributed by atoms with Crippen LogP contribution in [0.2, 0.25) is 0 Å². The van der Waals surface area contributed by atoms with Gasteiger partial charge in [0, 0.05) is 27.0 Å². The van der Waals surface area contributed by atoms with E-state index in [9.17, 15) is 4.79 Å². The highest BCUT2D eigenvalue weighted by Crippen LogP contribution is 2.24. The van der Waals surface area contributed by atoms with E-state index in [1.165, 1.54) is 0 Å². The van der Waals surface area contributed by atoms with Gasteiger partial charge in [0.05, 0.1) is 7.11 Å². The van der Waals surface area contributed by atoms with Gasteiger partial charge in [-0.25, -0.2) is 0 Å². The zero-order chi connectivity index (χ0) is 16.9. The van der Waals surface area contributed by atoms with E-state index in [1.54, 1.807) is 19.2 Å². The standard InChI is InChI=1S/C20H16BrNO2/c1-24-19-12-15(11-16(21)13-19)20(23)14-7-9-18(10-8-14)22-17-5-3-2-4-6-17/h2-13,22H,1H3. The number of benzene rings is 3. The Morgan fingerprint density at radius 2 is 1.54 bits per heavy atom. The average Bonchev–Trinajstić information content (AvgIpc) is 2.62. The van der Waals surface area contributed by atoms with Gasteiger partial charge in [-0.3, -0.25) is 4.79 Å². The number of carbonyl (C=O) groups is 1. The lowest BCUT2D eigenvalue weighted by Gasteiger charge is -2.08. The lowest BCUT2D eigenvalue weighted by Crippen LogP contribution is -2.02. The van der Waals surface area contributed by atoms with Gasteiger partial charge < -0.3 is 10.1 Å². The molecule has 3 aromatic rings.